The van der Waals surface area contributed by atoms with Crippen molar-refractivity contribution in [3.8, 4) is 16.9 Å². The largest absolute Gasteiger partial charge is 0.369 e. The third-order valence-electron chi connectivity index (χ3n) is 4.15. The van der Waals surface area contributed by atoms with E-state index >= 15 is 0 Å². The highest BCUT2D eigenvalue weighted by Gasteiger charge is 2.24. The number of nitrogens with one attached hydrogen (secondary N) is 1. The molecule has 1 aliphatic heterocycles. The van der Waals surface area contributed by atoms with E-state index in [1.807, 2.05) is 23.7 Å². The molecule has 0 radical (unpaired) electrons. The van der Waals surface area contributed by atoms with Crippen LogP contribution in [0.1, 0.15) is 11.1 Å². The third-order valence-corrected chi connectivity index (χ3v) is 5.23. The summed E-state index contributed by atoms with van der Waals surface area (Å²) in [6.07, 6.45) is 0.996. The summed E-state index contributed by atoms with van der Waals surface area (Å²) in [6.45, 7) is 2.96. The van der Waals surface area contributed by atoms with Crippen molar-refractivity contribution in [1.82, 2.24) is 9.78 Å². The van der Waals surface area contributed by atoms with Gasteiger partial charge >= 0.3 is 0 Å². The van der Waals surface area contributed by atoms with Gasteiger partial charge in [-0.05, 0) is 65.8 Å². The number of hydrogen-bond acceptors (Lipinski definition) is 2. The first-order valence-electron chi connectivity index (χ1n) is 7.52. The van der Waals surface area contributed by atoms with Crippen molar-refractivity contribution in [3.63, 3.8) is 0 Å². The fraction of sp³-hybridized carbons (Fsp3) is 0.167. The Morgan fingerprint density at radius 1 is 1.22 bits per heavy atom. The maximum atomic E-state index is 6.30. The first kappa shape index (κ1) is 15.0. The molecule has 0 atom stereocenters. The summed E-state index contributed by atoms with van der Waals surface area (Å²) in [5, 5.41) is 9.10. The van der Waals surface area contributed by atoms with Gasteiger partial charge < -0.3 is 5.32 Å². The van der Waals surface area contributed by atoms with Crippen LogP contribution in [0.25, 0.3) is 16.9 Å². The van der Waals surface area contributed by atoms with Crippen LogP contribution in [0.2, 0.25) is 5.02 Å². The molecule has 5 heteroatoms. The van der Waals surface area contributed by atoms with E-state index in [-0.39, 0.29) is 0 Å². The SMILES string of the molecule is Cc1ccc(-n2nc(-c3cccc(I)c3)c3c2NCC3)cc1Cl. The number of nitrogens with zero attached hydrogens (tertiary/aromatic N) is 2. The van der Waals surface area contributed by atoms with Gasteiger partial charge in [-0.25, -0.2) is 4.68 Å². The molecule has 1 N–H and O–H groups in total. The van der Waals surface area contributed by atoms with Gasteiger partial charge in [-0.1, -0.05) is 29.8 Å². The summed E-state index contributed by atoms with van der Waals surface area (Å²) < 4.78 is 3.19. The molecule has 3 aromatic rings. The normalized spacial score (nSPS) is 13.0. The second-order valence-electron chi connectivity index (χ2n) is 5.71. The predicted octanol–water partition coefficient (Wildman–Crippen LogP) is 5.07. The Labute approximate surface area is 153 Å². The van der Waals surface area contributed by atoms with E-state index in [0.717, 1.165) is 46.3 Å². The lowest BCUT2D eigenvalue weighted by Crippen LogP contribution is -2.04. The number of fused-ring (bicyclic) bond motifs is 1. The van der Waals surface area contributed by atoms with Crippen molar-refractivity contribution in [2.75, 3.05) is 11.9 Å². The van der Waals surface area contributed by atoms with Crippen molar-refractivity contribution in [2.45, 2.75) is 13.3 Å². The third kappa shape index (κ3) is 2.64. The average Bonchev–Trinajstić information content (AvgIpc) is 3.12. The zero-order valence-corrected chi connectivity index (χ0v) is 15.5. The molecule has 0 saturated heterocycles. The molecule has 23 heavy (non-hydrogen) atoms. The lowest BCUT2D eigenvalue weighted by molar-refractivity contribution is 0.882. The standard InChI is InChI=1S/C18H15ClIN3/c1-11-5-6-14(10-16(11)19)23-18-15(7-8-21-18)17(22-23)12-3-2-4-13(20)9-12/h2-6,9-10,21H,7-8H2,1H3. The number of hydrogen-bond donors (Lipinski definition) is 1. The molecule has 0 unspecified atom stereocenters. The van der Waals surface area contributed by atoms with Crippen LogP contribution in [-0.4, -0.2) is 16.3 Å². The summed E-state index contributed by atoms with van der Waals surface area (Å²) in [4.78, 5) is 0. The van der Waals surface area contributed by atoms with E-state index in [1.165, 1.54) is 9.13 Å². The molecule has 2 heterocycles. The fourth-order valence-corrected chi connectivity index (χ4v) is 3.66. The van der Waals surface area contributed by atoms with Crippen molar-refractivity contribution >= 4 is 40.0 Å². The van der Waals surface area contributed by atoms with Crippen molar-refractivity contribution in [2.24, 2.45) is 0 Å². The van der Waals surface area contributed by atoms with Gasteiger partial charge in [-0.2, -0.15) is 5.10 Å². The number of aromatic nitrogens is 2. The number of rotatable bonds is 2. The van der Waals surface area contributed by atoms with E-state index in [4.69, 9.17) is 16.7 Å². The Morgan fingerprint density at radius 2 is 2.09 bits per heavy atom. The minimum atomic E-state index is 0.764. The van der Waals surface area contributed by atoms with Gasteiger partial charge in [-0.3, -0.25) is 0 Å². The van der Waals surface area contributed by atoms with Crippen LogP contribution < -0.4 is 5.32 Å². The smallest absolute Gasteiger partial charge is 0.133 e. The lowest BCUT2D eigenvalue weighted by atomic mass is 10.1. The van der Waals surface area contributed by atoms with Gasteiger partial charge in [-0.15, -0.1) is 0 Å². The molecule has 0 bridgehead atoms. The summed E-state index contributed by atoms with van der Waals surface area (Å²) in [6, 6.07) is 14.5. The van der Waals surface area contributed by atoms with Gasteiger partial charge in [0, 0.05) is 26.3 Å². The van der Waals surface area contributed by atoms with Gasteiger partial charge in [0.2, 0.25) is 0 Å². The Balaban J connectivity index is 1.89. The second kappa shape index (κ2) is 5.83. The Morgan fingerprint density at radius 3 is 2.87 bits per heavy atom. The van der Waals surface area contributed by atoms with Crippen molar-refractivity contribution in [1.29, 1.82) is 0 Å². The molecule has 116 valence electrons. The molecule has 0 saturated carbocycles. The highest BCUT2D eigenvalue weighted by Crippen LogP contribution is 2.35. The fourth-order valence-electron chi connectivity index (χ4n) is 2.94. The van der Waals surface area contributed by atoms with E-state index in [9.17, 15) is 0 Å². The van der Waals surface area contributed by atoms with Crippen LogP contribution >= 0.6 is 34.2 Å². The maximum absolute atomic E-state index is 6.30. The van der Waals surface area contributed by atoms with Crippen LogP contribution in [0.5, 0.6) is 0 Å². The molecule has 1 aromatic heterocycles. The number of aryl methyl sites for hydroxylation is 1. The zero-order valence-electron chi connectivity index (χ0n) is 12.6. The van der Waals surface area contributed by atoms with Crippen LogP contribution in [0.3, 0.4) is 0 Å². The van der Waals surface area contributed by atoms with Crippen LogP contribution in [0.4, 0.5) is 5.82 Å². The van der Waals surface area contributed by atoms with Gasteiger partial charge in [0.1, 0.15) is 5.82 Å². The van der Waals surface area contributed by atoms with Gasteiger partial charge in [0.05, 0.1) is 11.4 Å². The summed E-state index contributed by atoms with van der Waals surface area (Å²) in [5.41, 5.74) is 5.56. The molecule has 0 fully saturated rings. The van der Waals surface area contributed by atoms with Crippen LogP contribution in [0.15, 0.2) is 42.5 Å². The molecule has 0 amide bonds. The monoisotopic (exact) mass is 435 g/mol. The number of anilines is 1. The molecule has 2 aromatic carbocycles. The topological polar surface area (TPSA) is 29.9 Å². The van der Waals surface area contributed by atoms with E-state index < -0.39 is 0 Å². The highest BCUT2D eigenvalue weighted by molar-refractivity contribution is 14.1. The Kier molecular flexibility index (Phi) is 3.81. The quantitative estimate of drug-likeness (QED) is 0.569. The second-order valence-corrected chi connectivity index (χ2v) is 7.36. The summed E-state index contributed by atoms with van der Waals surface area (Å²) >= 11 is 8.64. The molecule has 0 aliphatic carbocycles. The first-order valence-corrected chi connectivity index (χ1v) is 8.97. The van der Waals surface area contributed by atoms with Crippen molar-refractivity contribution in [3.05, 3.63) is 62.2 Å². The molecule has 3 nitrogen and oxygen atoms in total. The Hall–Kier alpha value is -1.53. The summed E-state index contributed by atoms with van der Waals surface area (Å²) in [5.74, 6) is 1.08. The van der Waals surface area contributed by atoms with Crippen LogP contribution in [0, 0.1) is 10.5 Å². The number of halogens is 2. The molecule has 4 rings (SSSR count). The lowest BCUT2D eigenvalue weighted by Gasteiger charge is -2.08. The van der Waals surface area contributed by atoms with Gasteiger partial charge in [0.25, 0.3) is 0 Å². The highest BCUT2D eigenvalue weighted by atomic mass is 127. The first-order chi connectivity index (χ1) is 11.1. The van der Waals surface area contributed by atoms with E-state index in [1.54, 1.807) is 0 Å². The van der Waals surface area contributed by atoms with E-state index in [0.29, 0.717) is 0 Å². The maximum Gasteiger partial charge on any atom is 0.133 e. The van der Waals surface area contributed by atoms with E-state index in [2.05, 4.69) is 58.2 Å². The molecule has 1 aliphatic rings. The molecule has 0 spiro atoms. The number of benzene rings is 2. The molecular formula is C18H15ClIN3. The minimum absolute atomic E-state index is 0.764. The minimum Gasteiger partial charge on any atom is -0.369 e. The predicted molar refractivity (Wildman–Crippen MR) is 104 cm³/mol. The Bertz CT molecular complexity index is 901. The van der Waals surface area contributed by atoms with Crippen molar-refractivity contribution < 1.29 is 0 Å². The molecular weight excluding hydrogens is 421 g/mol. The summed E-state index contributed by atoms with van der Waals surface area (Å²) in [7, 11) is 0. The zero-order chi connectivity index (χ0) is 16.0. The van der Waals surface area contributed by atoms with Gasteiger partial charge in [0.15, 0.2) is 0 Å². The van der Waals surface area contributed by atoms with Crippen LogP contribution in [-0.2, 0) is 6.42 Å². The average molecular weight is 436 g/mol.